The van der Waals surface area contributed by atoms with E-state index in [2.05, 4.69) is 198 Å². The molecule has 0 aliphatic heterocycles. The summed E-state index contributed by atoms with van der Waals surface area (Å²) < 4.78 is 2.43. The zero-order valence-corrected chi connectivity index (χ0v) is 27.6. The molecule has 2 nitrogen and oxygen atoms in total. The molecule has 50 heavy (non-hydrogen) atoms. The summed E-state index contributed by atoms with van der Waals surface area (Å²) in [6.45, 7) is 0. The number of allylic oxidation sites excluding steroid dienone is 2. The average molecular weight is 639 g/mol. The van der Waals surface area contributed by atoms with Crippen LogP contribution in [0.5, 0.6) is 0 Å². The van der Waals surface area contributed by atoms with Gasteiger partial charge in [0.1, 0.15) is 0 Å². The Hall–Kier alpha value is -6.38. The van der Waals surface area contributed by atoms with Crippen molar-refractivity contribution < 1.29 is 0 Å². The van der Waals surface area contributed by atoms with Crippen molar-refractivity contribution >= 4 is 65.5 Å². The highest BCUT2D eigenvalue weighted by Crippen LogP contribution is 2.42. The van der Waals surface area contributed by atoms with E-state index in [4.69, 9.17) is 0 Å². The van der Waals surface area contributed by atoms with Gasteiger partial charge in [0.15, 0.2) is 0 Å². The van der Waals surface area contributed by atoms with Crippen LogP contribution in [0.2, 0.25) is 0 Å². The largest absolute Gasteiger partial charge is 0.334 e. The highest BCUT2D eigenvalue weighted by atomic mass is 15.2. The second kappa shape index (κ2) is 11.6. The fraction of sp³-hybridized carbons (Fsp3) is 0.0417. The molecule has 1 atom stereocenters. The molecule has 1 unspecified atom stereocenters. The van der Waals surface area contributed by atoms with Crippen molar-refractivity contribution in [2.45, 2.75) is 12.5 Å². The maximum atomic E-state index is 2.51. The minimum atomic E-state index is 0.204. The van der Waals surface area contributed by atoms with Gasteiger partial charge in [0.25, 0.3) is 0 Å². The normalized spacial score (nSPS) is 14.4. The number of rotatable bonds is 5. The number of hydrogen-bond donors (Lipinski definition) is 0. The first kappa shape index (κ1) is 28.6. The summed E-state index contributed by atoms with van der Waals surface area (Å²) in [6.07, 6.45) is 9.90. The van der Waals surface area contributed by atoms with Crippen molar-refractivity contribution in [3.05, 3.63) is 188 Å². The maximum absolute atomic E-state index is 2.51. The monoisotopic (exact) mass is 638 g/mol. The standard InChI is InChI=1S/C48H34N2/c1-3-17-38(18-4-1)49(41-27-28-43-37(30-41)26-25-33-13-9-10-22-42(33)43)40-21-11-16-36(29-40)44-23-12-24-46-48(44)45-31-34-14-7-8-15-35(34)32-47(45)50(46)39-19-5-2-6-20-39/h1-17,19-32,38H,18H2. The lowest BCUT2D eigenvalue weighted by Gasteiger charge is -2.33. The summed E-state index contributed by atoms with van der Waals surface area (Å²) in [7, 11) is 0. The Labute approximate surface area is 291 Å². The Morgan fingerprint density at radius 3 is 2.08 bits per heavy atom. The number of anilines is 2. The number of nitrogens with zero attached hydrogens (tertiary/aromatic N) is 2. The molecule has 1 aromatic heterocycles. The molecule has 1 aliphatic carbocycles. The van der Waals surface area contributed by atoms with Crippen LogP contribution < -0.4 is 4.90 Å². The van der Waals surface area contributed by atoms with E-state index in [0.717, 1.165) is 6.42 Å². The van der Waals surface area contributed by atoms with E-state index in [1.54, 1.807) is 0 Å². The van der Waals surface area contributed by atoms with Gasteiger partial charge in [0.05, 0.1) is 17.1 Å². The van der Waals surface area contributed by atoms with Gasteiger partial charge in [-0.05, 0) is 104 Å². The first-order valence-corrected chi connectivity index (χ1v) is 17.5. The fourth-order valence-electron chi connectivity index (χ4n) is 8.11. The maximum Gasteiger partial charge on any atom is 0.0559 e. The van der Waals surface area contributed by atoms with Gasteiger partial charge in [0.2, 0.25) is 0 Å². The molecular weight excluding hydrogens is 605 g/mol. The van der Waals surface area contributed by atoms with Gasteiger partial charge in [0, 0.05) is 27.8 Å². The first-order chi connectivity index (χ1) is 24.8. The van der Waals surface area contributed by atoms with Crippen molar-refractivity contribution in [1.82, 2.24) is 4.57 Å². The minimum Gasteiger partial charge on any atom is -0.334 e. The SMILES string of the molecule is C1=CCC(N(c2cccc(-c3cccc4c3c3cc5ccccc5cc3n4-c3ccccc3)c2)c2ccc3c(ccc4ccccc43)c2)C=C1. The van der Waals surface area contributed by atoms with Gasteiger partial charge in [-0.1, -0.05) is 133 Å². The van der Waals surface area contributed by atoms with Gasteiger partial charge < -0.3 is 9.47 Å². The quantitative estimate of drug-likeness (QED) is 0.170. The van der Waals surface area contributed by atoms with E-state index in [1.165, 1.54) is 82.3 Å². The molecule has 0 saturated heterocycles. The third-order valence-electron chi connectivity index (χ3n) is 10.4. The van der Waals surface area contributed by atoms with Crippen LogP contribution in [-0.2, 0) is 0 Å². The van der Waals surface area contributed by atoms with E-state index in [9.17, 15) is 0 Å². The number of benzene rings is 8. The highest BCUT2D eigenvalue weighted by molar-refractivity contribution is 6.18. The third kappa shape index (κ3) is 4.64. The van der Waals surface area contributed by atoms with E-state index >= 15 is 0 Å². The molecule has 9 aromatic rings. The Kier molecular flexibility index (Phi) is 6.67. The Balaban J connectivity index is 1.18. The lowest BCUT2D eigenvalue weighted by molar-refractivity contribution is 0.785. The van der Waals surface area contributed by atoms with Crippen molar-refractivity contribution in [3.8, 4) is 16.8 Å². The lowest BCUT2D eigenvalue weighted by atomic mass is 9.96. The van der Waals surface area contributed by atoms with Crippen LogP contribution in [-0.4, -0.2) is 10.6 Å². The van der Waals surface area contributed by atoms with Crippen molar-refractivity contribution in [2.75, 3.05) is 4.90 Å². The molecule has 0 amide bonds. The van der Waals surface area contributed by atoms with E-state index < -0.39 is 0 Å². The molecule has 0 saturated carbocycles. The molecule has 8 aromatic carbocycles. The minimum absolute atomic E-state index is 0.204. The summed E-state index contributed by atoms with van der Waals surface area (Å²) in [6, 6.07) is 60.4. The molecule has 1 heterocycles. The molecule has 2 heteroatoms. The van der Waals surface area contributed by atoms with Crippen LogP contribution in [0.1, 0.15) is 6.42 Å². The Bertz CT molecular complexity index is 2800. The van der Waals surface area contributed by atoms with E-state index in [1.807, 2.05) is 0 Å². The smallest absolute Gasteiger partial charge is 0.0559 e. The van der Waals surface area contributed by atoms with Gasteiger partial charge >= 0.3 is 0 Å². The van der Waals surface area contributed by atoms with E-state index in [-0.39, 0.29) is 6.04 Å². The van der Waals surface area contributed by atoms with Crippen LogP contribution in [0, 0.1) is 0 Å². The van der Waals surface area contributed by atoms with Crippen LogP contribution in [0.25, 0.3) is 70.9 Å². The summed E-state index contributed by atoms with van der Waals surface area (Å²) in [5.41, 5.74) is 8.42. The lowest BCUT2D eigenvalue weighted by Crippen LogP contribution is -2.29. The second-order valence-corrected chi connectivity index (χ2v) is 13.3. The number of aromatic nitrogens is 1. The summed E-state index contributed by atoms with van der Waals surface area (Å²) in [5, 5.41) is 10.1. The molecular formula is C48H34N2. The van der Waals surface area contributed by atoms with Crippen molar-refractivity contribution in [3.63, 3.8) is 0 Å². The average Bonchev–Trinajstić information content (AvgIpc) is 3.51. The molecule has 236 valence electrons. The molecule has 0 N–H and O–H groups in total. The van der Waals surface area contributed by atoms with Crippen LogP contribution in [0.3, 0.4) is 0 Å². The number of hydrogen-bond acceptors (Lipinski definition) is 1. The van der Waals surface area contributed by atoms with E-state index in [0.29, 0.717) is 0 Å². The molecule has 0 spiro atoms. The van der Waals surface area contributed by atoms with Crippen LogP contribution in [0.15, 0.2) is 188 Å². The molecule has 1 aliphatic rings. The number of para-hydroxylation sites is 1. The van der Waals surface area contributed by atoms with Gasteiger partial charge in [-0.3, -0.25) is 0 Å². The van der Waals surface area contributed by atoms with Crippen LogP contribution >= 0.6 is 0 Å². The molecule has 10 rings (SSSR count). The molecule has 0 fully saturated rings. The highest BCUT2D eigenvalue weighted by Gasteiger charge is 2.22. The zero-order valence-electron chi connectivity index (χ0n) is 27.6. The summed E-state index contributed by atoms with van der Waals surface area (Å²) in [5.74, 6) is 0. The Morgan fingerprint density at radius 1 is 0.480 bits per heavy atom. The number of fused-ring (bicyclic) bond motifs is 7. The van der Waals surface area contributed by atoms with Crippen LogP contribution in [0.4, 0.5) is 11.4 Å². The van der Waals surface area contributed by atoms with Gasteiger partial charge in [-0.15, -0.1) is 0 Å². The first-order valence-electron chi connectivity index (χ1n) is 17.5. The Morgan fingerprint density at radius 2 is 1.22 bits per heavy atom. The fourth-order valence-corrected chi connectivity index (χ4v) is 8.11. The predicted octanol–water partition coefficient (Wildman–Crippen LogP) is 12.9. The van der Waals surface area contributed by atoms with Crippen molar-refractivity contribution in [1.29, 1.82) is 0 Å². The second-order valence-electron chi connectivity index (χ2n) is 13.3. The summed E-state index contributed by atoms with van der Waals surface area (Å²) in [4.78, 5) is 2.51. The molecule has 0 radical (unpaired) electrons. The topological polar surface area (TPSA) is 8.17 Å². The van der Waals surface area contributed by atoms with Gasteiger partial charge in [-0.25, -0.2) is 0 Å². The molecule has 0 bridgehead atoms. The van der Waals surface area contributed by atoms with Gasteiger partial charge in [-0.2, -0.15) is 0 Å². The third-order valence-corrected chi connectivity index (χ3v) is 10.4. The summed E-state index contributed by atoms with van der Waals surface area (Å²) >= 11 is 0. The zero-order chi connectivity index (χ0) is 33.0. The predicted molar refractivity (Wildman–Crippen MR) is 214 cm³/mol. The van der Waals surface area contributed by atoms with Crippen molar-refractivity contribution in [2.24, 2.45) is 0 Å².